The van der Waals surface area contributed by atoms with Gasteiger partial charge in [-0.2, -0.15) is 4.31 Å². The average Bonchev–Trinajstić information content (AvgIpc) is 3.40. The Balaban J connectivity index is 1.33. The van der Waals surface area contributed by atoms with Crippen molar-refractivity contribution in [3.05, 3.63) is 24.3 Å². The molecule has 0 aromatic heterocycles. The highest BCUT2D eigenvalue weighted by molar-refractivity contribution is 7.89. The van der Waals surface area contributed by atoms with E-state index in [1.807, 2.05) is 6.92 Å². The highest BCUT2D eigenvalue weighted by Crippen LogP contribution is 2.34. The summed E-state index contributed by atoms with van der Waals surface area (Å²) >= 11 is 0. The molecular weight excluding hydrogens is 440 g/mol. The van der Waals surface area contributed by atoms with Gasteiger partial charge < -0.3 is 15.4 Å². The van der Waals surface area contributed by atoms with Gasteiger partial charge in [0.05, 0.1) is 24.2 Å². The first-order valence-corrected chi connectivity index (χ1v) is 13.8. The minimum atomic E-state index is -3.44. The number of nitrogens with one attached hydrogen (secondary N) is 2. The van der Waals surface area contributed by atoms with Crippen LogP contribution < -0.4 is 10.6 Å². The maximum absolute atomic E-state index is 12.8. The fraction of sp³-hybridized carbons (Fsp3) is 0.708. The topological polar surface area (TPSA) is 91.0 Å². The molecule has 1 aliphatic carbocycles. The summed E-state index contributed by atoms with van der Waals surface area (Å²) in [7, 11) is -3.44. The Morgan fingerprint density at radius 1 is 1.00 bits per heavy atom. The van der Waals surface area contributed by atoms with E-state index in [-0.39, 0.29) is 22.4 Å². The van der Waals surface area contributed by atoms with Gasteiger partial charge in [-0.1, -0.05) is 19.3 Å². The van der Waals surface area contributed by atoms with Gasteiger partial charge in [0.1, 0.15) is 0 Å². The van der Waals surface area contributed by atoms with E-state index in [4.69, 9.17) is 4.74 Å². The molecule has 0 unspecified atom stereocenters. The summed E-state index contributed by atoms with van der Waals surface area (Å²) in [6, 6.07) is 6.15. The van der Waals surface area contributed by atoms with Crippen LogP contribution in [0.5, 0.6) is 0 Å². The van der Waals surface area contributed by atoms with E-state index >= 15 is 0 Å². The van der Waals surface area contributed by atoms with Gasteiger partial charge in [-0.05, 0) is 56.9 Å². The number of rotatable bonds is 8. The number of hydrogen-bond acceptors (Lipinski definition) is 6. The molecule has 2 N–H and O–H groups in total. The van der Waals surface area contributed by atoms with Crippen LogP contribution in [0.1, 0.15) is 51.9 Å². The normalized spacial score (nSPS) is 23.3. The van der Waals surface area contributed by atoms with Gasteiger partial charge in [-0.25, -0.2) is 8.42 Å². The van der Waals surface area contributed by atoms with Gasteiger partial charge in [0, 0.05) is 44.0 Å². The van der Waals surface area contributed by atoms with Gasteiger partial charge in [-0.15, -0.1) is 0 Å². The van der Waals surface area contributed by atoms with E-state index in [2.05, 4.69) is 15.5 Å². The van der Waals surface area contributed by atoms with E-state index < -0.39 is 10.0 Å². The van der Waals surface area contributed by atoms with Gasteiger partial charge in [0.15, 0.2) is 0 Å². The molecule has 9 heteroatoms. The summed E-state index contributed by atoms with van der Waals surface area (Å²) in [5.74, 6) is -0.113. The number of ether oxygens (including phenoxy) is 1. The smallest absolute Gasteiger partial charge is 0.243 e. The molecule has 184 valence electrons. The number of amides is 1. The Morgan fingerprint density at radius 2 is 1.64 bits per heavy atom. The second-order valence-electron chi connectivity index (χ2n) is 9.61. The third-order valence-electron chi connectivity index (χ3n) is 7.42. The zero-order chi connectivity index (χ0) is 23.3. The molecule has 0 spiro atoms. The monoisotopic (exact) mass is 478 g/mol. The van der Waals surface area contributed by atoms with Crippen LogP contribution >= 0.6 is 0 Å². The fourth-order valence-electron chi connectivity index (χ4n) is 5.33. The van der Waals surface area contributed by atoms with Crippen LogP contribution in [0.3, 0.4) is 0 Å². The Kier molecular flexibility index (Phi) is 8.07. The van der Waals surface area contributed by atoms with Crippen LogP contribution in [0.15, 0.2) is 29.2 Å². The largest absolute Gasteiger partial charge is 0.379 e. The molecule has 0 radical (unpaired) electrons. The standard InChI is InChI=1S/C24H38N4O4S/c1-20(25-19-24(11-3-2-4-12-24)27-15-17-32-18-16-27)23(29)26-21-7-9-22(10-8-21)33(30,31)28-13-5-6-14-28/h7-10,20,25H,2-6,11-19H2,1H3,(H,26,29)/t20-/m1/s1. The van der Waals surface area contributed by atoms with Crippen molar-refractivity contribution >= 4 is 21.6 Å². The molecule has 1 aromatic carbocycles. The third-order valence-corrected chi connectivity index (χ3v) is 9.33. The molecule has 1 atom stereocenters. The highest BCUT2D eigenvalue weighted by Gasteiger charge is 2.39. The average molecular weight is 479 g/mol. The SMILES string of the molecule is C[C@@H](NCC1(N2CCOCC2)CCCCC1)C(=O)Nc1ccc(S(=O)(=O)N2CCCC2)cc1. The maximum Gasteiger partial charge on any atom is 0.243 e. The van der Waals surface area contributed by atoms with Crippen LogP contribution in [0.2, 0.25) is 0 Å². The van der Waals surface area contributed by atoms with Crippen molar-refractivity contribution in [2.45, 2.75) is 68.3 Å². The van der Waals surface area contributed by atoms with Crippen molar-refractivity contribution < 1.29 is 17.9 Å². The molecule has 2 aliphatic heterocycles. The lowest BCUT2D eigenvalue weighted by Gasteiger charge is -2.48. The van der Waals surface area contributed by atoms with Crippen molar-refractivity contribution in [2.24, 2.45) is 0 Å². The molecular formula is C24H38N4O4S. The Hall–Kier alpha value is -1.52. The van der Waals surface area contributed by atoms with Crippen LogP contribution in [0.25, 0.3) is 0 Å². The van der Waals surface area contributed by atoms with Gasteiger partial charge >= 0.3 is 0 Å². The second kappa shape index (κ2) is 10.8. The summed E-state index contributed by atoms with van der Waals surface area (Å²) in [6.45, 7) is 7.30. The molecule has 3 fully saturated rings. The lowest BCUT2D eigenvalue weighted by Crippen LogP contribution is -2.60. The van der Waals surface area contributed by atoms with E-state index in [0.29, 0.717) is 18.8 Å². The number of carbonyl (C=O) groups is 1. The molecule has 0 bridgehead atoms. The van der Waals surface area contributed by atoms with E-state index in [1.165, 1.54) is 23.6 Å². The molecule has 2 saturated heterocycles. The second-order valence-corrected chi connectivity index (χ2v) is 11.5. The number of carbonyl (C=O) groups excluding carboxylic acids is 1. The highest BCUT2D eigenvalue weighted by atomic mass is 32.2. The minimum Gasteiger partial charge on any atom is -0.379 e. The number of benzene rings is 1. The third kappa shape index (κ3) is 5.77. The van der Waals surface area contributed by atoms with Crippen molar-refractivity contribution in [1.29, 1.82) is 0 Å². The molecule has 8 nitrogen and oxygen atoms in total. The first-order valence-electron chi connectivity index (χ1n) is 12.4. The van der Waals surface area contributed by atoms with Crippen LogP contribution in [-0.4, -0.2) is 81.0 Å². The summed E-state index contributed by atoms with van der Waals surface area (Å²) < 4.78 is 32.5. The van der Waals surface area contributed by atoms with Crippen molar-refractivity contribution in [1.82, 2.24) is 14.5 Å². The fourth-order valence-corrected chi connectivity index (χ4v) is 6.84. The van der Waals surface area contributed by atoms with Gasteiger partial charge in [0.2, 0.25) is 15.9 Å². The maximum atomic E-state index is 12.8. The van der Waals surface area contributed by atoms with Crippen molar-refractivity contribution in [2.75, 3.05) is 51.3 Å². The molecule has 1 amide bonds. The number of morpholine rings is 1. The summed E-state index contributed by atoms with van der Waals surface area (Å²) in [4.78, 5) is 15.7. The predicted octanol–water partition coefficient (Wildman–Crippen LogP) is 2.42. The van der Waals surface area contributed by atoms with Gasteiger partial charge in [0.25, 0.3) is 0 Å². The molecule has 33 heavy (non-hydrogen) atoms. The number of hydrogen-bond donors (Lipinski definition) is 2. The zero-order valence-corrected chi connectivity index (χ0v) is 20.5. The zero-order valence-electron chi connectivity index (χ0n) is 19.7. The van der Waals surface area contributed by atoms with Crippen LogP contribution in [-0.2, 0) is 19.6 Å². The Labute approximate surface area is 198 Å². The Bertz CT molecular complexity index is 888. The van der Waals surface area contributed by atoms with Gasteiger partial charge in [-0.3, -0.25) is 9.69 Å². The quantitative estimate of drug-likeness (QED) is 0.596. The minimum absolute atomic E-state index is 0.0994. The summed E-state index contributed by atoms with van der Waals surface area (Å²) in [5.41, 5.74) is 0.705. The first-order chi connectivity index (χ1) is 15.9. The first kappa shape index (κ1) is 24.6. The lowest BCUT2D eigenvalue weighted by molar-refractivity contribution is -0.118. The predicted molar refractivity (Wildman–Crippen MR) is 129 cm³/mol. The summed E-state index contributed by atoms with van der Waals surface area (Å²) in [6.07, 6.45) is 7.86. The molecule has 3 aliphatic rings. The number of sulfonamides is 1. The van der Waals surface area contributed by atoms with Crippen molar-refractivity contribution in [3.63, 3.8) is 0 Å². The van der Waals surface area contributed by atoms with Crippen LogP contribution in [0.4, 0.5) is 5.69 Å². The molecule has 1 aromatic rings. The lowest BCUT2D eigenvalue weighted by atomic mass is 9.79. The Morgan fingerprint density at radius 3 is 2.27 bits per heavy atom. The van der Waals surface area contributed by atoms with Crippen LogP contribution in [0, 0.1) is 0 Å². The van der Waals surface area contributed by atoms with E-state index in [0.717, 1.165) is 58.5 Å². The molecule has 2 heterocycles. The number of nitrogens with zero attached hydrogens (tertiary/aromatic N) is 2. The number of anilines is 1. The molecule has 4 rings (SSSR count). The van der Waals surface area contributed by atoms with E-state index in [1.54, 1.807) is 24.3 Å². The summed E-state index contributed by atoms with van der Waals surface area (Å²) in [5, 5.41) is 6.41. The molecule has 1 saturated carbocycles. The van der Waals surface area contributed by atoms with E-state index in [9.17, 15) is 13.2 Å². The van der Waals surface area contributed by atoms with Crippen molar-refractivity contribution in [3.8, 4) is 0 Å².